The first-order chi connectivity index (χ1) is 11.2. The molecule has 0 bridgehead atoms. The average Bonchev–Trinajstić information content (AvgIpc) is 3.15. The lowest BCUT2D eigenvalue weighted by Gasteiger charge is -2.19. The molecule has 3 rings (SSSR count). The maximum Gasteiger partial charge on any atom is 0.232 e. The Labute approximate surface area is 151 Å². The number of aromatic nitrogens is 4. The number of halogens is 1. The Morgan fingerprint density at radius 3 is 2.83 bits per heavy atom. The quantitative estimate of drug-likeness (QED) is 0.839. The zero-order chi connectivity index (χ0) is 16.2. The maximum absolute atomic E-state index is 12.2. The zero-order valence-corrected chi connectivity index (χ0v) is 15.5. The van der Waals surface area contributed by atoms with Crippen LogP contribution in [0.3, 0.4) is 0 Å². The summed E-state index contributed by atoms with van der Waals surface area (Å²) in [7, 11) is 1.81. The van der Waals surface area contributed by atoms with Gasteiger partial charge in [0.2, 0.25) is 11.9 Å². The predicted octanol–water partition coefficient (Wildman–Crippen LogP) is 1.90. The van der Waals surface area contributed by atoms with E-state index in [4.69, 9.17) is 0 Å². The second-order valence-electron chi connectivity index (χ2n) is 5.75. The van der Waals surface area contributed by atoms with E-state index in [1.807, 2.05) is 12.4 Å². The molecule has 132 valence electrons. The van der Waals surface area contributed by atoms with Crippen molar-refractivity contribution in [3.8, 4) is 0 Å². The Morgan fingerprint density at radius 1 is 1.42 bits per heavy atom. The fraction of sp³-hybridized carbons (Fsp3) is 0.600. The van der Waals surface area contributed by atoms with E-state index in [1.54, 1.807) is 16.0 Å². The van der Waals surface area contributed by atoms with Crippen molar-refractivity contribution in [1.29, 1.82) is 0 Å². The topological polar surface area (TPSA) is 84.7 Å². The van der Waals surface area contributed by atoms with Gasteiger partial charge < -0.3 is 5.32 Å². The van der Waals surface area contributed by atoms with Crippen molar-refractivity contribution in [2.45, 2.75) is 38.5 Å². The number of amides is 1. The number of aryl methyl sites for hydroxylation is 2. The van der Waals surface area contributed by atoms with Gasteiger partial charge >= 0.3 is 0 Å². The summed E-state index contributed by atoms with van der Waals surface area (Å²) in [6.07, 6.45) is 3.24. The lowest BCUT2D eigenvalue weighted by molar-refractivity contribution is -0.115. The van der Waals surface area contributed by atoms with Crippen LogP contribution in [-0.4, -0.2) is 38.7 Å². The fourth-order valence-electron chi connectivity index (χ4n) is 2.69. The van der Waals surface area contributed by atoms with Crippen molar-refractivity contribution in [2.75, 3.05) is 18.4 Å². The van der Waals surface area contributed by atoms with Crippen molar-refractivity contribution in [3.05, 3.63) is 21.9 Å². The standard InChI is InChI=1S/C15H22N6OS.ClH/c1-3-13-17-11(9-23-13)8-12(22)18-15-19-14(20-21(15)2)10-4-6-16-7-5-10;/h9-10,16H,3-8H2,1-2H3,(H,18,19,20,22);1H. The lowest BCUT2D eigenvalue weighted by Crippen LogP contribution is -2.27. The Hall–Kier alpha value is -1.51. The molecule has 0 unspecified atom stereocenters. The number of piperidine rings is 1. The van der Waals surface area contributed by atoms with E-state index in [-0.39, 0.29) is 24.7 Å². The minimum atomic E-state index is -0.106. The highest BCUT2D eigenvalue weighted by Gasteiger charge is 2.21. The number of nitrogens with zero attached hydrogens (tertiary/aromatic N) is 4. The summed E-state index contributed by atoms with van der Waals surface area (Å²) in [5, 5.41) is 13.6. The van der Waals surface area contributed by atoms with Crippen molar-refractivity contribution in [3.63, 3.8) is 0 Å². The van der Waals surface area contributed by atoms with Crippen LogP contribution < -0.4 is 10.6 Å². The van der Waals surface area contributed by atoms with Gasteiger partial charge in [-0.2, -0.15) is 10.1 Å². The van der Waals surface area contributed by atoms with Crippen molar-refractivity contribution < 1.29 is 4.79 Å². The Morgan fingerprint density at radius 2 is 2.17 bits per heavy atom. The molecule has 0 spiro atoms. The Kier molecular flexibility index (Phi) is 6.70. The van der Waals surface area contributed by atoms with Crippen LogP contribution in [0.25, 0.3) is 0 Å². The van der Waals surface area contributed by atoms with Crippen LogP contribution in [0.15, 0.2) is 5.38 Å². The van der Waals surface area contributed by atoms with E-state index in [9.17, 15) is 4.79 Å². The molecule has 0 atom stereocenters. The SMILES string of the molecule is CCc1nc(CC(=O)Nc2nc(C3CCNCC3)nn2C)cs1.Cl. The number of hydrogen-bond donors (Lipinski definition) is 2. The van der Waals surface area contributed by atoms with Gasteiger partial charge in [0, 0.05) is 18.3 Å². The highest BCUT2D eigenvalue weighted by molar-refractivity contribution is 7.09. The molecule has 0 saturated carbocycles. The first kappa shape index (κ1) is 18.8. The second kappa shape index (κ2) is 8.55. The molecule has 2 aromatic heterocycles. The molecule has 1 aliphatic heterocycles. The Balaban J connectivity index is 0.00000208. The third kappa shape index (κ3) is 4.52. The van der Waals surface area contributed by atoms with Crippen LogP contribution in [0, 0.1) is 0 Å². The van der Waals surface area contributed by atoms with Crippen molar-refractivity contribution in [2.24, 2.45) is 7.05 Å². The zero-order valence-electron chi connectivity index (χ0n) is 13.9. The minimum absolute atomic E-state index is 0. The van der Waals surface area contributed by atoms with Crippen LogP contribution in [0.5, 0.6) is 0 Å². The van der Waals surface area contributed by atoms with E-state index >= 15 is 0 Å². The molecule has 0 aliphatic carbocycles. The molecular formula is C15H23ClN6OS. The summed E-state index contributed by atoms with van der Waals surface area (Å²) in [5.41, 5.74) is 0.810. The fourth-order valence-corrected chi connectivity index (χ4v) is 3.44. The summed E-state index contributed by atoms with van der Waals surface area (Å²) < 4.78 is 1.65. The largest absolute Gasteiger partial charge is 0.317 e. The summed E-state index contributed by atoms with van der Waals surface area (Å²) in [5.74, 6) is 1.60. The predicted molar refractivity (Wildman–Crippen MR) is 96.9 cm³/mol. The molecule has 2 aromatic rings. The summed E-state index contributed by atoms with van der Waals surface area (Å²) >= 11 is 1.59. The number of hydrogen-bond acceptors (Lipinski definition) is 6. The highest BCUT2D eigenvalue weighted by atomic mass is 35.5. The van der Waals surface area contributed by atoms with Gasteiger partial charge in [-0.25, -0.2) is 9.67 Å². The molecule has 2 N–H and O–H groups in total. The van der Waals surface area contributed by atoms with Crippen molar-refractivity contribution in [1.82, 2.24) is 25.1 Å². The highest BCUT2D eigenvalue weighted by Crippen LogP contribution is 2.23. The van der Waals surface area contributed by atoms with E-state index in [2.05, 4.69) is 32.6 Å². The monoisotopic (exact) mass is 370 g/mol. The molecule has 9 heteroatoms. The van der Waals surface area contributed by atoms with Crippen LogP contribution in [0.2, 0.25) is 0 Å². The van der Waals surface area contributed by atoms with E-state index in [0.717, 1.165) is 48.9 Å². The van der Waals surface area contributed by atoms with Crippen LogP contribution in [0.1, 0.15) is 42.2 Å². The van der Waals surface area contributed by atoms with Crippen LogP contribution in [-0.2, 0) is 24.7 Å². The van der Waals surface area contributed by atoms with Crippen molar-refractivity contribution >= 4 is 35.6 Å². The minimum Gasteiger partial charge on any atom is -0.317 e. The molecule has 7 nitrogen and oxygen atoms in total. The molecule has 24 heavy (non-hydrogen) atoms. The number of rotatable bonds is 5. The van der Waals surface area contributed by atoms with Gasteiger partial charge in [-0.05, 0) is 32.4 Å². The van der Waals surface area contributed by atoms with Gasteiger partial charge in [-0.3, -0.25) is 10.1 Å². The van der Waals surface area contributed by atoms with Gasteiger partial charge in [0.05, 0.1) is 17.1 Å². The first-order valence-corrected chi connectivity index (χ1v) is 8.88. The van der Waals surface area contributed by atoms with E-state index < -0.39 is 0 Å². The molecule has 3 heterocycles. The molecule has 1 fully saturated rings. The van der Waals surface area contributed by atoms with Gasteiger partial charge in [0.1, 0.15) is 0 Å². The van der Waals surface area contributed by atoms with Crippen LogP contribution >= 0.6 is 23.7 Å². The number of nitrogens with one attached hydrogen (secondary N) is 2. The number of anilines is 1. The van der Waals surface area contributed by atoms with E-state index in [1.165, 1.54) is 0 Å². The second-order valence-corrected chi connectivity index (χ2v) is 6.70. The van der Waals surface area contributed by atoms with E-state index in [0.29, 0.717) is 11.9 Å². The summed E-state index contributed by atoms with van der Waals surface area (Å²) in [4.78, 5) is 21.1. The molecule has 0 aromatic carbocycles. The van der Waals surface area contributed by atoms with Gasteiger partial charge in [-0.1, -0.05) is 6.92 Å². The lowest BCUT2D eigenvalue weighted by atomic mass is 9.98. The molecule has 1 saturated heterocycles. The Bertz CT molecular complexity index is 679. The molecule has 0 radical (unpaired) electrons. The van der Waals surface area contributed by atoms with Gasteiger partial charge in [-0.15, -0.1) is 23.7 Å². The number of thiazole rings is 1. The summed E-state index contributed by atoms with van der Waals surface area (Å²) in [6, 6.07) is 0. The summed E-state index contributed by atoms with van der Waals surface area (Å²) in [6.45, 7) is 4.05. The smallest absolute Gasteiger partial charge is 0.232 e. The molecular weight excluding hydrogens is 348 g/mol. The maximum atomic E-state index is 12.2. The van der Waals surface area contributed by atoms with Gasteiger partial charge in [0.15, 0.2) is 5.82 Å². The normalized spacial score (nSPS) is 15.1. The molecule has 1 aliphatic rings. The van der Waals surface area contributed by atoms with Gasteiger partial charge in [0.25, 0.3) is 0 Å². The third-order valence-electron chi connectivity index (χ3n) is 3.98. The number of carbonyl (C=O) groups excluding carboxylic acids is 1. The molecule has 1 amide bonds. The van der Waals surface area contributed by atoms with Crippen LogP contribution in [0.4, 0.5) is 5.95 Å². The average molecular weight is 371 g/mol. The number of carbonyl (C=O) groups is 1. The first-order valence-electron chi connectivity index (χ1n) is 8.00. The third-order valence-corrected chi connectivity index (χ3v) is 5.02.